The lowest BCUT2D eigenvalue weighted by Crippen LogP contribution is -2.41. The number of nitrogens with one attached hydrogen (secondary N) is 1. The molecule has 22 heavy (non-hydrogen) atoms. The van der Waals surface area contributed by atoms with Gasteiger partial charge < -0.3 is 15.3 Å². The lowest BCUT2D eigenvalue weighted by atomic mass is 10.1. The molecule has 2 rings (SSSR count). The molecule has 1 aromatic carbocycles. The Kier molecular flexibility index (Phi) is 5.19. The maximum atomic E-state index is 12.1. The molecule has 2 amide bonds. The van der Waals surface area contributed by atoms with E-state index in [1.54, 1.807) is 18.7 Å². The Bertz CT molecular complexity index is 522. The maximum absolute atomic E-state index is 12.1. The lowest BCUT2D eigenvalue weighted by molar-refractivity contribution is -0.129. The second-order valence-electron chi connectivity index (χ2n) is 6.51. The fourth-order valence-electron chi connectivity index (χ4n) is 2.52. The summed E-state index contributed by atoms with van der Waals surface area (Å²) in [6, 6.07) is 10.00. The number of nitrogens with zero attached hydrogens (tertiary/aromatic N) is 1. The van der Waals surface area contributed by atoms with E-state index in [1.807, 2.05) is 30.3 Å². The average Bonchev–Trinajstić information content (AvgIpc) is 2.84. The second-order valence-corrected chi connectivity index (χ2v) is 6.51. The first kappa shape index (κ1) is 16.5. The molecule has 0 radical (unpaired) electrons. The van der Waals surface area contributed by atoms with Crippen LogP contribution in [0.15, 0.2) is 30.3 Å². The average molecular weight is 304 g/mol. The number of hydrogen-bond acceptors (Lipinski definition) is 3. The fourth-order valence-corrected chi connectivity index (χ4v) is 2.52. The van der Waals surface area contributed by atoms with Crippen molar-refractivity contribution in [2.45, 2.75) is 32.3 Å². The third-order valence-electron chi connectivity index (χ3n) is 3.79. The summed E-state index contributed by atoms with van der Waals surface area (Å²) in [6.45, 7) is 4.57. The Morgan fingerprint density at radius 3 is 2.68 bits per heavy atom. The Morgan fingerprint density at radius 2 is 2.05 bits per heavy atom. The summed E-state index contributed by atoms with van der Waals surface area (Å²) in [5.74, 6) is -0.442. The highest BCUT2D eigenvalue weighted by Crippen LogP contribution is 2.18. The van der Waals surface area contributed by atoms with Gasteiger partial charge in [0, 0.05) is 26.1 Å². The fraction of sp³-hybridized carbons (Fsp3) is 0.529. The molecular formula is C17H24N2O3. The third kappa shape index (κ3) is 4.84. The van der Waals surface area contributed by atoms with Crippen LogP contribution in [-0.2, 0) is 16.0 Å². The Morgan fingerprint density at radius 1 is 1.36 bits per heavy atom. The van der Waals surface area contributed by atoms with Crippen LogP contribution in [-0.4, -0.2) is 47.1 Å². The smallest absolute Gasteiger partial charge is 0.225 e. The van der Waals surface area contributed by atoms with E-state index < -0.39 is 5.60 Å². The van der Waals surface area contributed by atoms with Gasteiger partial charge >= 0.3 is 0 Å². The number of benzene rings is 1. The molecule has 120 valence electrons. The van der Waals surface area contributed by atoms with Crippen LogP contribution in [0.2, 0.25) is 0 Å². The summed E-state index contributed by atoms with van der Waals surface area (Å²) < 4.78 is 0. The van der Waals surface area contributed by atoms with Crippen molar-refractivity contribution < 1.29 is 14.7 Å². The minimum absolute atomic E-state index is 0.0272. The second kappa shape index (κ2) is 6.92. The molecule has 2 N–H and O–H groups in total. The first-order valence-corrected chi connectivity index (χ1v) is 7.67. The first-order valence-electron chi connectivity index (χ1n) is 7.67. The van der Waals surface area contributed by atoms with Gasteiger partial charge in [0.2, 0.25) is 11.8 Å². The molecule has 0 spiro atoms. The molecule has 1 aliphatic rings. The van der Waals surface area contributed by atoms with Gasteiger partial charge in [-0.2, -0.15) is 0 Å². The SMILES string of the molecule is CC(C)(O)CNC(=O)[C@@H]1CC(=O)N(CCc2ccccc2)C1. The molecule has 1 atom stereocenters. The third-order valence-corrected chi connectivity index (χ3v) is 3.79. The van der Waals surface area contributed by atoms with Gasteiger partial charge in [0.05, 0.1) is 11.5 Å². The molecule has 1 aromatic rings. The molecule has 0 saturated carbocycles. The Labute approximate surface area is 131 Å². The lowest BCUT2D eigenvalue weighted by Gasteiger charge is -2.20. The summed E-state index contributed by atoms with van der Waals surface area (Å²) in [4.78, 5) is 25.8. The van der Waals surface area contributed by atoms with E-state index in [2.05, 4.69) is 5.32 Å². The molecule has 5 nitrogen and oxygen atoms in total. The highest BCUT2D eigenvalue weighted by molar-refractivity contribution is 5.89. The van der Waals surface area contributed by atoms with E-state index >= 15 is 0 Å². The summed E-state index contributed by atoms with van der Waals surface area (Å²) >= 11 is 0. The minimum Gasteiger partial charge on any atom is -0.389 e. The van der Waals surface area contributed by atoms with Crippen molar-refractivity contribution >= 4 is 11.8 Å². The minimum atomic E-state index is -0.939. The van der Waals surface area contributed by atoms with Gasteiger partial charge in [0.1, 0.15) is 0 Å². The van der Waals surface area contributed by atoms with Crippen LogP contribution < -0.4 is 5.32 Å². The highest BCUT2D eigenvalue weighted by atomic mass is 16.3. The van der Waals surface area contributed by atoms with Crippen molar-refractivity contribution in [3.8, 4) is 0 Å². The highest BCUT2D eigenvalue weighted by Gasteiger charge is 2.34. The van der Waals surface area contributed by atoms with E-state index in [-0.39, 0.29) is 30.7 Å². The van der Waals surface area contributed by atoms with Gasteiger partial charge in [0.15, 0.2) is 0 Å². The first-order chi connectivity index (χ1) is 10.3. The van der Waals surface area contributed by atoms with Crippen LogP contribution in [0.4, 0.5) is 0 Å². The van der Waals surface area contributed by atoms with Crippen molar-refractivity contribution in [1.29, 1.82) is 0 Å². The standard InChI is InChI=1S/C17H24N2O3/c1-17(2,22)12-18-16(21)14-10-15(20)19(11-14)9-8-13-6-4-3-5-7-13/h3-7,14,22H,8-12H2,1-2H3,(H,18,21)/t14-/m1/s1. The summed E-state index contributed by atoms with van der Waals surface area (Å²) in [6.07, 6.45) is 1.05. The topological polar surface area (TPSA) is 69.6 Å². The van der Waals surface area contributed by atoms with Crippen LogP contribution >= 0.6 is 0 Å². The van der Waals surface area contributed by atoms with E-state index in [1.165, 1.54) is 5.56 Å². The van der Waals surface area contributed by atoms with E-state index in [9.17, 15) is 14.7 Å². The zero-order valence-corrected chi connectivity index (χ0v) is 13.2. The van der Waals surface area contributed by atoms with Gasteiger partial charge in [-0.3, -0.25) is 9.59 Å². The molecular weight excluding hydrogens is 280 g/mol. The number of rotatable bonds is 6. The monoisotopic (exact) mass is 304 g/mol. The number of hydrogen-bond donors (Lipinski definition) is 2. The van der Waals surface area contributed by atoms with E-state index in [4.69, 9.17) is 0 Å². The predicted molar refractivity (Wildman–Crippen MR) is 84.1 cm³/mol. The normalized spacial score (nSPS) is 18.6. The predicted octanol–water partition coefficient (Wildman–Crippen LogP) is 0.965. The van der Waals surface area contributed by atoms with Gasteiger partial charge in [-0.15, -0.1) is 0 Å². The molecule has 5 heteroatoms. The zero-order chi connectivity index (χ0) is 16.2. The van der Waals surface area contributed by atoms with Gasteiger partial charge in [0.25, 0.3) is 0 Å². The number of amides is 2. The summed E-state index contributed by atoms with van der Waals surface area (Å²) in [7, 11) is 0. The Hall–Kier alpha value is -1.88. The number of aliphatic hydroxyl groups is 1. The van der Waals surface area contributed by atoms with Crippen LogP contribution in [0.5, 0.6) is 0 Å². The molecule has 1 saturated heterocycles. The van der Waals surface area contributed by atoms with Crippen LogP contribution in [0.25, 0.3) is 0 Å². The van der Waals surface area contributed by atoms with Crippen LogP contribution in [0, 0.1) is 5.92 Å². The van der Waals surface area contributed by atoms with Crippen molar-refractivity contribution in [2.75, 3.05) is 19.6 Å². The Balaban J connectivity index is 1.81. The van der Waals surface area contributed by atoms with Crippen molar-refractivity contribution in [3.63, 3.8) is 0 Å². The molecule has 0 aromatic heterocycles. The van der Waals surface area contributed by atoms with E-state index in [0.717, 1.165) is 6.42 Å². The van der Waals surface area contributed by atoms with Crippen molar-refractivity contribution in [3.05, 3.63) is 35.9 Å². The molecule has 1 heterocycles. The van der Waals surface area contributed by atoms with Gasteiger partial charge in [-0.1, -0.05) is 30.3 Å². The van der Waals surface area contributed by atoms with Crippen LogP contribution in [0.3, 0.4) is 0 Å². The molecule has 1 fully saturated rings. The van der Waals surface area contributed by atoms with Crippen molar-refractivity contribution in [1.82, 2.24) is 10.2 Å². The number of carbonyl (C=O) groups is 2. The summed E-state index contributed by atoms with van der Waals surface area (Å²) in [5.41, 5.74) is 0.246. The largest absolute Gasteiger partial charge is 0.389 e. The summed E-state index contributed by atoms with van der Waals surface area (Å²) in [5, 5.41) is 12.3. The zero-order valence-electron chi connectivity index (χ0n) is 13.2. The molecule has 1 aliphatic heterocycles. The van der Waals surface area contributed by atoms with E-state index in [0.29, 0.717) is 13.1 Å². The van der Waals surface area contributed by atoms with Crippen molar-refractivity contribution in [2.24, 2.45) is 5.92 Å². The van der Waals surface area contributed by atoms with Gasteiger partial charge in [-0.25, -0.2) is 0 Å². The molecule has 0 unspecified atom stereocenters. The molecule has 0 aliphatic carbocycles. The quantitative estimate of drug-likeness (QED) is 0.822. The van der Waals surface area contributed by atoms with Crippen LogP contribution in [0.1, 0.15) is 25.8 Å². The number of carbonyl (C=O) groups excluding carboxylic acids is 2. The number of likely N-dealkylation sites (tertiary alicyclic amines) is 1. The maximum Gasteiger partial charge on any atom is 0.225 e. The van der Waals surface area contributed by atoms with Gasteiger partial charge in [-0.05, 0) is 25.8 Å². The molecule has 0 bridgehead atoms.